The lowest BCUT2D eigenvalue weighted by Gasteiger charge is -2.18. The molecule has 0 spiro atoms. The number of amides is 1. The Hall–Kier alpha value is -2.37. The van der Waals surface area contributed by atoms with E-state index in [2.05, 4.69) is 17.2 Å². The number of carbonyl (C=O) groups is 1. The Morgan fingerprint density at radius 1 is 1.36 bits per heavy atom. The summed E-state index contributed by atoms with van der Waals surface area (Å²) in [6.45, 7) is 4.54. The first kappa shape index (κ1) is 16.0. The lowest BCUT2D eigenvalue weighted by atomic mass is 10.1. The second-order valence-corrected chi connectivity index (χ2v) is 5.25. The van der Waals surface area contributed by atoms with Gasteiger partial charge in [0, 0.05) is 43.8 Å². The van der Waals surface area contributed by atoms with Crippen molar-refractivity contribution < 1.29 is 4.79 Å². The molecule has 0 radical (unpaired) electrons. The zero-order valence-corrected chi connectivity index (χ0v) is 13.2. The van der Waals surface area contributed by atoms with Gasteiger partial charge < -0.3 is 14.5 Å². The van der Waals surface area contributed by atoms with Gasteiger partial charge in [-0.25, -0.2) is 4.98 Å². The maximum Gasteiger partial charge on any atom is 0.252 e. The van der Waals surface area contributed by atoms with E-state index < -0.39 is 0 Å². The maximum absolute atomic E-state index is 12.4. The van der Waals surface area contributed by atoms with Crippen LogP contribution in [0.4, 0.5) is 0 Å². The summed E-state index contributed by atoms with van der Waals surface area (Å²) in [5, 5.41) is 2.97. The third-order valence-electron chi connectivity index (χ3n) is 3.65. The Bertz CT molecular complexity index is 702. The molecule has 22 heavy (non-hydrogen) atoms. The Balaban J connectivity index is 2.20. The number of pyridine rings is 1. The molecule has 0 saturated heterocycles. The number of aromatic nitrogens is 3. The van der Waals surface area contributed by atoms with Gasteiger partial charge in [0.05, 0.1) is 6.04 Å². The van der Waals surface area contributed by atoms with Crippen LogP contribution in [0.3, 0.4) is 0 Å². The normalized spacial score (nSPS) is 12.1. The summed E-state index contributed by atoms with van der Waals surface area (Å²) in [5.41, 5.74) is 0.212. The van der Waals surface area contributed by atoms with Gasteiger partial charge in [-0.2, -0.15) is 0 Å². The van der Waals surface area contributed by atoms with Gasteiger partial charge in [0.2, 0.25) is 0 Å². The standard InChI is InChI=1S/C16H22N4O2/c1-4-6-13(15-17-8-10-19(15)3)18-16(22)12-7-9-20(5-2)14(21)11-12/h7-11,13H,4-6H2,1-3H3,(H,18,22)/t13-/m0/s1. The van der Waals surface area contributed by atoms with Crippen LogP contribution >= 0.6 is 0 Å². The monoisotopic (exact) mass is 302 g/mol. The highest BCUT2D eigenvalue weighted by Crippen LogP contribution is 2.16. The summed E-state index contributed by atoms with van der Waals surface area (Å²) in [6, 6.07) is 2.88. The predicted octanol–water partition coefficient (Wildman–Crippen LogP) is 1.87. The first-order chi connectivity index (χ1) is 10.6. The van der Waals surface area contributed by atoms with Crippen molar-refractivity contribution in [1.82, 2.24) is 19.4 Å². The van der Waals surface area contributed by atoms with Crippen molar-refractivity contribution in [3.63, 3.8) is 0 Å². The minimum Gasteiger partial charge on any atom is -0.342 e. The number of aryl methyl sites for hydroxylation is 2. The summed E-state index contributed by atoms with van der Waals surface area (Å²) >= 11 is 0. The van der Waals surface area contributed by atoms with E-state index in [0.29, 0.717) is 12.1 Å². The lowest BCUT2D eigenvalue weighted by molar-refractivity contribution is 0.0931. The van der Waals surface area contributed by atoms with Crippen molar-refractivity contribution >= 4 is 5.91 Å². The largest absolute Gasteiger partial charge is 0.342 e. The van der Waals surface area contributed by atoms with Gasteiger partial charge in [0.1, 0.15) is 5.82 Å². The van der Waals surface area contributed by atoms with Crippen molar-refractivity contribution in [2.75, 3.05) is 0 Å². The number of nitrogens with one attached hydrogen (secondary N) is 1. The maximum atomic E-state index is 12.4. The average molecular weight is 302 g/mol. The molecule has 0 aliphatic heterocycles. The SMILES string of the molecule is CCC[C@H](NC(=O)c1ccn(CC)c(=O)c1)c1nccn1C. The first-order valence-electron chi connectivity index (χ1n) is 7.55. The van der Waals surface area contributed by atoms with Gasteiger partial charge in [0.15, 0.2) is 0 Å². The minimum absolute atomic E-state index is 0.161. The van der Waals surface area contributed by atoms with E-state index in [1.54, 1.807) is 23.0 Å². The van der Waals surface area contributed by atoms with Gasteiger partial charge in [-0.3, -0.25) is 9.59 Å². The molecule has 118 valence electrons. The Kier molecular flexibility index (Phi) is 5.14. The highest BCUT2D eigenvalue weighted by Gasteiger charge is 2.18. The van der Waals surface area contributed by atoms with Gasteiger partial charge in [-0.15, -0.1) is 0 Å². The molecule has 6 heteroatoms. The Morgan fingerprint density at radius 2 is 2.14 bits per heavy atom. The van der Waals surface area contributed by atoms with E-state index in [1.165, 1.54) is 6.07 Å². The molecule has 0 aliphatic rings. The molecule has 2 heterocycles. The number of carbonyl (C=O) groups excluding carboxylic acids is 1. The van der Waals surface area contributed by atoms with Crippen LogP contribution in [0, 0.1) is 0 Å². The topological polar surface area (TPSA) is 68.9 Å². The predicted molar refractivity (Wildman–Crippen MR) is 84.7 cm³/mol. The molecule has 2 aromatic heterocycles. The summed E-state index contributed by atoms with van der Waals surface area (Å²) in [7, 11) is 1.90. The van der Waals surface area contributed by atoms with Gasteiger partial charge >= 0.3 is 0 Å². The molecular formula is C16H22N4O2. The summed E-state index contributed by atoms with van der Waals surface area (Å²) in [6.07, 6.45) is 6.93. The first-order valence-corrected chi connectivity index (χ1v) is 7.55. The van der Waals surface area contributed by atoms with E-state index in [4.69, 9.17) is 0 Å². The van der Waals surface area contributed by atoms with E-state index in [1.807, 2.05) is 24.7 Å². The van der Waals surface area contributed by atoms with Crippen molar-refractivity contribution in [3.05, 3.63) is 52.5 Å². The van der Waals surface area contributed by atoms with Gasteiger partial charge in [0.25, 0.3) is 11.5 Å². The van der Waals surface area contributed by atoms with Crippen LogP contribution in [0.2, 0.25) is 0 Å². The fourth-order valence-corrected chi connectivity index (χ4v) is 2.42. The Morgan fingerprint density at radius 3 is 2.68 bits per heavy atom. The van der Waals surface area contributed by atoms with Crippen molar-refractivity contribution in [1.29, 1.82) is 0 Å². The molecule has 0 fully saturated rings. The van der Waals surface area contributed by atoms with Crippen LogP contribution in [0.15, 0.2) is 35.5 Å². The average Bonchev–Trinajstić information content (AvgIpc) is 2.92. The molecule has 0 aliphatic carbocycles. The van der Waals surface area contributed by atoms with Crippen molar-refractivity contribution in [3.8, 4) is 0 Å². The molecule has 1 atom stereocenters. The second-order valence-electron chi connectivity index (χ2n) is 5.25. The second kappa shape index (κ2) is 7.06. The molecule has 0 saturated carbocycles. The number of hydrogen-bond acceptors (Lipinski definition) is 3. The van der Waals surface area contributed by atoms with E-state index in [-0.39, 0.29) is 17.5 Å². The molecule has 0 aromatic carbocycles. The summed E-state index contributed by atoms with van der Waals surface area (Å²) in [4.78, 5) is 28.5. The van der Waals surface area contributed by atoms with E-state index in [0.717, 1.165) is 18.7 Å². The van der Waals surface area contributed by atoms with Crippen LogP contribution < -0.4 is 10.9 Å². The summed E-state index contributed by atoms with van der Waals surface area (Å²) in [5.74, 6) is 0.568. The quantitative estimate of drug-likeness (QED) is 0.885. The van der Waals surface area contributed by atoms with Crippen LogP contribution in [0.25, 0.3) is 0 Å². The molecule has 1 amide bonds. The number of nitrogens with zero attached hydrogens (tertiary/aromatic N) is 3. The van der Waals surface area contributed by atoms with Crippen molar-refractivity contribution in [2.45, 2.75) is 39.3 Å². The number of rotatable bonds is 6. The van der Waals surface area contributed by atoms with Crippen LogP contribution in [-0.4, -0.2) is 20.0 Å². The third kappa shape index (κ3) is 3.44. The zero-order chi connectivity index (χ0) is 16.1. The number of hydrogen-bond donors (Lipinski definition) is 1. The molecule has 2 aromatic rings. The molecule has 0 bridgehead atoms. The highest BCUT2D eigenvalue weighted by molar-refractivity contribution is 5.94. The molecule has 1 N–H and O–H groups in total. The smallest absolute Gasteiger partial charge is 0.252 e. The van der Waals surface area contributed by atoms with Crippen LogP contribution in [-0.2, 0) is 13.6 Å². The van der Waals surface area contributed by atoms with Crippen molar-refractivity contribution in [2.24, 2.45) is 7.05 Å². The van der Waals surface area contributed by atoms with E-state index in [9.17, 15) is 9.59 Å². The van der Waals surface area contributed by atoms with Gasteiger partial charge in [-0.1, -0.05) is 13.3 Å². The zero-order valence-electron chi connectivity index (χ0n) is 13.2. The third-order valence-corrected chi connectivity index (χ3v) is 3.65. The lowest BCUT2D eigenvalue weighted by Crippen LogP contribution is -2.31. The Labute approximate surface area is 129 Å². The fourth-order valence-electron chi connectivity index (χ4n) is 2.42. The summed E-state index contributed by atoms with van der Waals surface area (Å²) < 4.78 is 3.45. The molecule has 2 rings (SSSR count). The molecule has 0 unspecified atom stereocenters. The fraction of sp³-hybridized carbons (Fsp3) is 0.438. The highest BCUT2D eigenvalue weighted by atomic mass is 16.2. The van der Waals surface area contributed by atoms with E-state index >= 15 is 0 Å². The van der Waals surface area contributed by atoms with Gasteiger partial charge in [-0.05, 0) is 19.4 Å². The molecule has 6 nitrogen and oxygen atoms in total. The number of imidazole rings is 1. The minimum atomic E-state index is -0.248. The van der Waals surface area contributed by atoms with Crippen LogP contribution in [0.5, 0.6) is 0 Å². The van der Waals surface area contributed by atoms with Crippen LogP contribution in [0.1, 0.15) is 48.9 Å². The molecular weight excluding hydrogens is 280 g/mol.